The Labute approximate surface area is 147 Å². The summed E-state index contributed by atoms with van der Waals surface area (Å²) in [5.74, 6) is 0. The number of piperazine rings is 1. The van der Waals surface area contributed by atoms with Gasteiger partial charge < -0.3 is 15.0 Å². The predicted molar refractivity (Wildman–Crippen MR) is 99.1 cm³/mol. The number of hydrogen-bond acceptors (Lipinski definition) is 4. The molecule has 1 saturated heterocycles. The highest BCUT2D eigenvalue weighted by Gasteiger charge is 2.21. The van der Waals surface area contributed by atoms with Gasteiger partial charge in [-0.1, -0.05) is 57.5 Å². The number of hydrogen-bond donors (Lipinski definition) is 1. The molecule has 0 spiro atoms. The Morgan fingerprint density at radius 1 is 1.08 bits per heavy atom. The lowest BCUT2D eigenvalue weighted by Gasteiger charge is -2.34. The van der Waals surface area contributed by atoms with Gasteiger partial charge in [0.1, 0.15) is 6.61 Å². The van der Waals surface area contributed by atoms with E-state index in [1.807, 2.05) is 30.3 Å². The van der Waals surface area contributed by atoms with E-state index in [9.17, 15) is 4.79 Å². The van der Waals surface area contributed by atoms with Crippen LogP contribution in [-0.2, 0) is 11.3 Å². The SMILES string of the molecule is CCC.CCNCCN1CCN(C(=O)OCc2ccccc2)CC1. The Kier molecular flexibility index (Phi) is 10.9. The molecule has 1 fully saturated rings. The fraction of sp³-hybridized carbons (Fsp3) is 0.632. The monoisotopic (exact) mass is 335 g/mol. The first-order valence-corrected chi connectivity index (χ1v) is 9.09. The van der Waals surface area contributed by atoms with Crippen LogP contribution in [0.25, 0.3) is 0 Å². The maximum Gasteiger partial charge on any atom is 0.410 e. The molecule has 2 rings (SSSR count). The van der Waals surface area contributed by atoms with Gasteiger partial charge in [-0.25, -0.2) is 4.79 Å². The van der Waals surface area contributed by atoms with Crippen LogP contribution in [0, 0.1) is 0 Å². The first-order valence-electron chi connectivity index (χ1n) is 9.09. The largest absolute Gasteiger partial charge is 0.445 e. The molecule has 5 nitrogen and oxygen atoms in total. The van der Waals surface area contributed by atoms with Crippen LogP contribution in [0.4, 0.5) is 4.79 Å². The summed E-state index contributed by atoms with van der Waals surface area (Å²) in [7, 11) is 0. The van der Waals surface area contributed by atoms with E-state index in [4.69, 9.17) is 4.74 Å². The first-order chi connectivity index (χ1) is 11.7. The normalized spacial score (nSPS) is 14.7. The summed E-state index contributed by atoms with van der Waals surface area (Å²) in [5.41, 5.74) is 1.02. The minimum atomic E-state index is -0.204. The summed E-state index contributed by atoms with van der Waals surface area (Å²) in [6.07, 6.45) is 1.05. The topological polar surface area (TPSA) is 44.8 Å². The lowest BCUT2D eigenvalue weighted by atomic mass is 10.2. The molecular formula is C19H33N3O2. The molecule has 136 valence electrons. The number of ether oxygens (including phenoxy) is 1. The van der Waals surface area contributed by atoms with E-state index in [1.165, 1.54) is 6.42 Å². The number of carbonyl (C=O) groups excluding carboxylic acids is 1. The molecule has 24 heavy (non-hydrogen) atoms. The molecule has 0 aliphatic carbocycles. The van der Waals surface area contributed by atoms with E-state index in [1.54, 1.807) is 4.90 Å². The van der Waals surface area contributed by atoms with Gasteiger partial charge in [0, 0.05) is 39.3 Å². The lowest BCUT2D eigenvalue weighted by molar-refractivity contribution is 0.0719. The van der Waals surface area contributed by atoms with E-state index in [2.05, 4.69) is 31.0 Å². The van der Waals surface area contributed by atoms with Crippen molar-refractivity contribution in [3.63, 3.8) is 0 Å². The number of nitrogens with zero attached hydrogens (tertiary/aromatic N) is 2. The lowest BCUT2D eigenvalue weighted by Crippen LogP contribution is -2.50. The second-order valence-electron chi connectivity index (χ2n) is 5.93. The zero-order valence-corrected chi connectivity index (χ0v) is 15.5. The third kappa shape index (κ3) is 8.31. The van der Waals surface area contributed by atoms with Gasteiger partial charge in [0.05, 0.1) is 0 Å². The van der Waals surface area contributed by atoms with E-state index >= 15 is 0 Å². The van der Waals surface area contributed by atoms with E-state index in [0.717, 1.165) is 51.4 Å². The summed E-state index contributed by atoms with van der Waals surface area (Å²) < 4.78 is 5.36. The van der Waals surface area contributed by atoms with Gasteiger partial charge in [-0.05, 0) is 12.1 Å². The van der Waals surface area contributed by atoms with Crippen LogP contribution in [0.2, 0.25) is 0 Å². The van der Waals surface area contributed by atoms with Crippen LogP contribution >= 0.6 is 0 Å². The quantitative estimate of drug-likeness (QED) is 0.812. The van der Waals surface area contributed by atoms with Crippen LogP contribution in [0.1, 0.15) is 32.8 Å². The standard InChI is InChI=1S/C16H25N3O2.C3H8/c1-2-17-8-9-18-10-12-19(13-11-18)16(20)21-14-15-6-4-3-5-7-15;1-3-2/h3-7,17H,2,8-14H2,1H3;3H2,1-2H3. The fourth-order valence-electron chi connectivity index (χ4n) is 2.38. The fourth-order valence-corrected chi connectivity index (χ4v) is 2.38. The van der Waals surface area contributed by atoms with Crippen molar-refractivity contribution in [3.05, 3.63) is 35.9 Å². The average molecular weight is 335 g/mol. The maximum atomic E-state index is 12.0. The molecule has 1 heterocycles. The second-order valence-corrected chi connectivity index (χ2v) is 5.93. The molecule has 0 unspecified atom stereocenters. The Hall–Kier alpha value is -1.59. The number of likely N-dealkylation sites (N-methyl/N-ethyl adjacent to an activating group) is 1. The molecule has 1 amide bonds. The molecule has 1 aromatic carbocycles. The number of rotatable bonds is 6. The zero-order valence-electron chi connectivity index (χ0n) is 15.5. The molecule has 0 bridgehead atoms. The Bertz CT molecular complexity index is 431. The van der Waals surface area contributed by atoms with Gasteiger partial charge in [0.2, 0.25) is 0 Å². The molecule has 1 aliphatic rings. The summed E-state index contributed by atoms with van der Waals surface area (Å²) in [4.78, 5) is 16.2. The summed E-state index contributed by atoms with van der Waals surface area (Å²) in [6, 6.07) is 9.79. The summed E-state index contributed by atoms with van der Waals surface area (Å²) >= 11 is 0. The number of nitrogens with one attached hydrogen (secondary N) is 1. The van der Waals surface area contributed by atoms with Crippen molar-refractivity contribution < 1.29 is 9.53 Å². The highest BCUT2D eigenvalue weighted by Crippen LogP contribution is 2.06. The van der Waals surface area contributed by atoms with Crippen LogP contribution in [0.15, 0.2) is 30.3 Å². The minimum absolute atomic E-state index is 0.204. The van der Waals surface area contributed by atoms with Crippen molar-refractivity contribution in [2.24, 2.45) is 0 Å². The van der Waals surface area contributed by atoms with Crippen molar-refractivity contribution in [2.75, 3.05) is 45.8 Å². The van der Waals surface area contributed by atoms with Crippen LogP contribution in [0.3, 0.4) is 0 Å². The van der Waals surface area contributed by atoms with Crippen LogP contribution in [0.5, 0.6) is 0 Å². The predicted octanol–water partition coefficient (Wildman–Crippen LogP) is 2.97. The molecule has 0 saturated carbocycles. The van der Waals surface area contributed by atoms with Gasteiger partial charge in [0.25, 0.3) is 0 Å². The molecule has 5 heteroatoms. The Morgan fingerprint density at radius 3 is 2.29 bits per heavy atom. The molecule has 1 aliphatic heterocycles. The van der Waals surface area contributed by atoms with Crippen LogP contribution < -0.4 is 5.32 Å². The van der Waals surface area contributed by atoms with E-state index in [0.29, 0.717) is 6.61 Å². The minimum Gasteiger partial charge on any atom is -0.445 e. The number of carbonyl (C=O) groups is 1. The maximum absolute atomic E-state index is 12.0. The first kappa shape index (κ1) is 20.5. The smallest absolute Gasteiger partial charge is 0.410 e. The Balaban J connectivity index is 0.000000891. The zero-order chi connectivity index (χ0) is 17.6. The van der Waals surface area contributed by atoms with Gasteiger partial charge in [-0.2, -0.15) is 0 Å². The molecule has 0 radical (unpaired) electrons. The van der Waals surface area contributed by atoms with Crippen LogP contribution in [-0.4, -0.2) is 61.7 Å². The van der Waals surface area contributed by atoms with Crippen molar-refractivity contribution in [1.82, 2.24) is 15.1 Å². The van der Waals surface area contributed by atoms with Crippen molar-refractivity contribution in [1.29, 1.82) is 0 Å². The number of benzene rings is 1. The highest BCUT2D eigenvalue weighted by atomic mass is 16.6. The van der Waals surface area contributed by atoms with Crippen molar-refractivity contribution in [3.8, 4) is 0 Å². The third-order valence-corrected chi connectivity index (χ3v) is 3.69. The molecular weight excluding hydrogens is 302 g/mol. The van der Waals surface area contributed by atoms with Gasteiger partial charge in [-0.3, -0.25) is 4.90 Å². The molecule has 0 aromatic heterocycles. The third-order valence-electron chi connectivity index (χ3n) is 3.69. The molecule has 1 N–H and O–H groups in total. The summed E-state index contributed by atoms with van der Waals surface area (Å²) in [5, 5.41) is 3.32. The van der Waals surface area contributed by atoms with E-state index in [-0.39, 0.29) is 6.09 Å². The number of amides is 1. The van der Waals surface area contributed by atoms with Crippen molar-refractivity contribution in [2.45, 2.75) is 33.8 Å². The molecule has 1 aromatic rings. The van der Waals surface area contributed by atoms with Gasteiger partial charge in [0.15, 0.2) is 0 Å². The molecule has 0 atom stereocenters. The highest BCUT2D eigenvalue weighted by molar-refractivity contribution is 5.67. The Morgan fingerprint density at radius 2 is 1.71 bits per heavy atom. The summed E-state index contributed by atoms with van der Waals surface area (Å²) in [6.45, 7) is 13.1. The van der Waals surface area contributed by atoms with Gasteiger partial charge >= 0.3 is 6.09 Å². The second kappa shape index (κ2) is 12.8. The van der Waals surface area contributed by atoms with E-state index < -0.39 is 0 Å². The average Bonchev–Trinajstić information content (AvgIpc) is 2.62. The van der Waals surface area contributed by atoms with Gasteiger partial charge in [-0.15, -0.1) is 0 Å². The van der Waals surface area contributed by atoms with Crippen molar-refractivity contribution >= 4 is 6.09 Å².